The smallest absolute Gasteiger partial charge is 0.243 e. The van der Waals surface area contributed by atoms with Gasteiger partial charge in [0.05, 0.1) is 11.2 Å². The van der Waals surface area contributed by atoms with Crippen LogP contribution >= 0.6 is 0 Å². The van der Waals surface area contributed by atoms with Gasteiger partial charge in [-0.2, -0.15) is 4.31 Å². The summed E-state index contributed by atoms with van der Waals surface area (Å²) in [6.45, 7) is 3.09. The highest BCUT2D eigenvalue weighted by Gasteiger charge is 2.39. The van der Waals surface area contributed by atoms with Crippen LogP contribution in [0.25, 0.3) is 11.0 Å². The Balaban J connectivity index is 1.28. The van der Waals surface area contributed by atoms with E-state index in [2.05, 4.69) is 0 Å². The highest BCUT2D eigenvalue weighted by molar-refractivity contribution is 7.89. The Kier molecular flexibility index (Phi) is 4.30. The van der Waals surface area contributed by atoms with Crippen LogP contribution < -0.4 is 0 Å². The van der Waals surface area contributed by atoms with Crippen molar-refractivity contribution in [2.75, 3.05) is 39.4 Å². The molecule has 0 aliphatic carbocycles. The number of ether oxygens (including phenoxy) is 1. The first-order valence-electron chi connectivity index (χ1n) is 9.56. The fourth-order valence-electron chi connectivity index (χ4n) is 4.33. The highest BCUT2D eigenvalue weighted by atomic mass is 32.2. The largest absolute Gasteiger partial charge is 0.464 e. The average Bonchev–Trinajstić information content (AvgIpc) is 3.41. The molecule has 8 heteroatoms. The van der Waals surface area contributed by atoms with Crippen molar-refractivity contribution >= 4 is 26.9 Å². The molecule has 1 saturated heterocycles. The van der Waals surface area contributed by atoms with E-state index in [4.69, 9.17) is 9.15 Å². The molecular weight excluding hydrogens is 380 g/mol. The molecule has 4 heterocycles. The third-order valence-corrected chi connectivity index (χ3v) is 7.73. The van der Waals surface area contributed by atoms with Gasteiger partial charge in [0.1, 0.15) is 5.58 Å². The number of amides is 1. The maximum Gasteiger partial charge on any atom is 0.243 e. The molecule has 1 aromatic carbocycles. The summed E-state index contributed by atoms with van der Waals surface area (Å²) in [5.74, 6) is 0.216. The van der Waals surface area contributed by atoms with Crippen molar-refractivity contribution in [1.82, 2.24) is 9.21 Å². The number of hydrogen-bond acceptors (Lipinski definition) is 5. The number of carbonyl (C=O) groups is 1. The molecule has 0 unspecified atom stereocenters. The molecule has 3 aliphatic heterocycles. The molecule has 28 heavy (non-hydrogen) atoms. The minimum atomic E-state index is -3.58. The molecule has 2 aromatic rings. The zero-order chi connectivity index (χ0) is 19.3. The molecule has 0 N–H and O–H groups in total. The van der Waals surface area contributed by atoms with Gasteiger partial charge in [-0.1, -0.05) is 0 Å². The van der Waals surface area contributed by atoms with Gasteiger partial charge < -0.3 is 14.1 Å². The first-order chi connectivity index (χ1) is 13.5. The van der Waals surface area contributed by atoms with Gasteiger partial charge >= 0.3 is 0 Å². The van der Waals surface area contributed by atoms with E-state index in [0.29, 0.717) is 45.0 Å². The van der Waals surface area contributed by atoms with Crippen LogP contribution in [0.15, 0.2) is 51.0 Å². The van der Waals surface area contributed by atoms with Crippen molar-refractivity contribution in [1.29, 1.82) is 0 Å². The standard InChI is InChI=1S/C20H22N2O5S/c23-20(14-3-6-26-7-4-14)21-10-16-12-22(13-17(16)11-21)28(24,25)18-1-2-19-15(9-18)5-8-27-19/h1-2,5,8-9,14H,3-4,6-7,10-13H2. The lowest BCUT2D eigenvalue weighted by atomic mass is 9.99. The molecule has 3 aliphatic rings. The summed E-state index contributed by atoms with van der Waals surface area (Å²) >= 11 is 0. The number of fused-ring (bicyclic) bond motifs is 1. The SMILES string of the molecule is O=C(C1CCOCC1)N1CC2=C(C1)CN(S(=O)(=O)c1ccc3occc3c1)C2. The second kappa shape index (κ2) is 6.72. The van der Waals surface area contributed by atoms with Crippen molar-refractivity contribution in [3.05, 3.63) is 41.7 Å². The van der Waals surface area contributed by atoms with E-state index in [-0.39, 0.29) is 16.7 Å². The van der Waals surface area contributed by atoms with Crippen molar-refractivity contribution < 1.29 is 22.4 Å². The lowest BCUT2D eigenvalue weighted by molar-refractivity contribution is -0.137. The van der Waals surface area contributed by atoms with E-state index in [1.165, 1.54) is 4.31 Å². The maximum absolute atomic E-state index is 13.1. The van der Waals surface area contributed by atoms with Gasteiger partial charge in [0, 0.05) is 50.7 Å². The van der Waals surface area contributed by atoms with Crippen LogP contribution in [-0.2, 0) is 19.6 Å². The quantitative estimate of drug-likeness (QED) is 0.734. The monoisotopic (exact) mass is 402 g/mol. The van der Waals surface area contributed by atoms with Gasteiger partial charge in [-0.15, -0.1) is 0 Å². The lowest BCUT2D eigenvalue weighted by Crippen LogP contribution is -2.40. The summed E-state index contributed by atoms with van der Waals surface area (Å²) in [6.07, 6.45) is 3.10. The predicted molar refractivity (Wildman–Crippen MR) is 102 cm³/mol. The number of benzene rings is 1. The topological polar surface area (TPSA) is 80.1 Å². The van der Waals surface area contributed by atoms with E-state index in [9.17, 15) is 13.2 Å². The van der Waals surface area contributed by atoms with Gasteiger partial charge in [0.2, 0.25) is 15.9 Å². The Morgan fingerprint density at radius 1 is 1.00 bits per heavy atom. The molecule has 7 nitrogen and oxygen atoms in total. The predicted octanol–water partition coefficient (Wildman–Crippen LogP) is 2.00. The summed E-state index contributed by atoms with van der Waals surface area (Å²) in [5.41, 5.74) is 2.80. The maximum atomic E-state index is 13.1. The first kappa shape index (κ1) is 17.9. The zero-order valence-corrected chi connectivity index (χ0v) is 16.3. The summed E-state index contributed by atoms with van der Waals surface area (Å²) in [7, 11) is -3.58. The Bertz CT molecular complexity index is 1050. The first-order valence-corrected chi connectivity index (χ1v) is 11.0. The molecular formula is C20H22N2O5S. The second-order valence-electron chi connectivity index (χ2n) is 7.68. The normalized spacial score (nSPS) is 21.6. The van der Waals surface area contributed by atoms with E-state index in [0.717, 1.165) is 29.4 Å². The van der Waals surface area contributed by atoms with E-state index >= 15 is 0 Å². The third kappa shape index (κ3) is 2.96. The Morgan fingerprint density at radius 3 is 2.43 bits per heavy atom. The molecule has 148 valence electrons. The number of carbonyl (C=O) groups excluding carboxylic acids is 1. The van der Waals surface area contributed by atoms with Crippen molar-refractivity contribution in [2.24, 2.45) is 5.92 Å². The van der Waals surface area contributed by atoms with Crippen molar-refractivity contribution in [3.63, 3.8) is 0 Å². The van der Waals surface area contributed by atoms with E-state index in [1.54, 1.807) is 30.5 Å². The molecule has 1 fully saturated rings. The number of hydrogen-bond donors (Lipinski definition) is 0. The molecule has 0 radical (unpaired) electrons. The van der Waals surface area contributed by atoms with Crippen LogP contribution in [0.5, 0.6) is 0 Å². The summed E-state index contributed by atoms with van der Waals surface area (Å²) in [4.78, 5) is 14.9. The molecule has 0 bridgehead atoms. The Morgan fingerprint density at radius 2 is 1.71 bits per heavy atom. The van der Waals surface area contributed by atoms with Gasteiger partial charge in [0.15, 0.2) is 0 Å². The van der Waals surface area contributed by atoms with Crippen LogP contribution in [0.4, 0.5) is 0 Å². The third-order valence-electron chi connectivity index (χ3n) is 5.94. The average molecular weight is 402 g/mol. The number of nitrogens with zero attached hydrogens (tertiary/aromatic N) is 2. The summed E-state index contributed by atoms with van der Waals surface area (Å²) < 4.78 is 38.3. The van der Waals surface area contributed by atoms with Crippen molar-refractivity contribution in [3.8, 4) is 0 Å². The number of furan rings is 1. The van der Waals surface area contributed by atoms with Crippen molar-refractivity contribution in [2.45, 2.75) is 17.7 Å². The van der Waals surface area contributed by atoms with Crippen LogP contribution in [0.2, 0.25) is 0 Å². The van der Waals surface area contributed by atoms with Gasteiger partial charge in [-0.3, -0.25) is 4.79 Å². The molecule has 1 aromatic heterocycles. The van der Waals surface area contributed by atoms with E-state index in [1.807, 2.05) is 4.90 Å². The van der Waals surface area contributed by atoms with Crippen LogP contribution in [0, 0.1) is 5.92 Å². The van der Waals surface area contributed by atoms with E-state index < -0.39 is 10.0 Å². The molecule has 5 rings (SSSR count). The highest BCUT2D eigenvalue weighted by Crippen LogP contribution is 2.32. The fraction of sp³-hybridized carbons (Fsp3) is 0.450. The second-order valence-corrected chi connectivity index (χ2v) is 9.62. The zero-order valence-electron chi connectivity index (χ0n) is 15.5. The molecule has 0 atom stereocenters. The number of sulfonamides is 1. The Hall–Kier alpha value is -2.16. The van der Waals surface area contributed by atoms with Gasteiger partial charge in [-0.05, 0) is 48.3 Å². The van der Waals surface area contributed by atoms with Crippen LogP contribution in [0.1, 0.15) is 12.8 Å². The molecule has 1 amide bonds. The summed E-state index contributed by atoms with van der Waals surface area (Å²) in [6, 6.07) is 6.69. The number of rotatable bonds is 3. The lowest BCUT2D eigenvalue weighted by Gasteiger charge is -2.28. The van der Waals surface area contributed by atoms with Gasteiger partial charge in [-0.25, -0.2) is 8.42 Å². The molecule has 0 saturated carbocycles. The fourth-order valence-corrected chi connectivity index (χ4v) is 5.79. The molecule has 0 spiro atoms. The minimum Gasteiger partial charge on any atom is -0.464 e. The van der Waals surface area contributed by atoms with Crippen LogP contribution in [-0.4, -0.2) is 62.9 Å². The Labute approximate surface area is 163 Å². The minimum absolute atomic E-state index is 0.0373. The van der Waals surface area contributed by atoms with Crippen LogP contribution in [0.3, 0.4) is 0 Å². The summed E-state index contributed by atoms with van der Waals surface area (Å²) in [5, 5.41) is 0.772. The van der Waals surface area contributed by atoms with Gasteiger partial charge in [0.25, 0.3) is 0 Å².